The zero-order valence-corrected chi connectivity index (χ0v) is 21.2. The third-order valence-corrected chi connectivity index (χ3v) is 6.98. The zero-order valence-electron chi connectivity index (χ0n) is 18.0. The van der Waals surface area contributed by atoms with Crippen molar-refractivity contribution in [1.82, 2.24) is 30.3 Å². The molecule has 2 N–H and O–H groups in total. The van der Waals surface area contributed by atoms with Gasteiger partial charge in [0.05, 0.1) is 6.04 Å². The Kier molecular flexibility index (Phi) is 8.94. The molecule has 1 saturated heterocycles. The molecular weight excluding hydrogens is 509 g/mol. The second-order valence-corrected chi connectivity index (χ2v) is 9.09. The summed E-state index contributed by atoms with van der Waals surface area (Å²) in [6.07, 6.45) is 4.77. The van der Waals surface area contributed by atoms with Crippen LogP contribution < -0.4 is 10.6 Å². The standard InChI is InChI=1S/C21H33N7S.HI/c1-3-22-21(24-15-20-26-25-19-7-4-10-28(19)20)23-14-17(18-6-5-13-29-18)27-11-8-16(2)9-12-27;/h5-6,13,16-17H,3-4,7-12,14-15H2,1-2H3,(H2,22,23,24);1H. The van der Waals surface area contributed by atoms with Gasteiger partial charge in [0.25, 0.3) is 0 Å². The first-order chi connectivity index (χ1) is 14.2. The van der Waals surface area contributed by atoms with Gasteiger partial charge in [0.15, 0.2) is 11.8 Å². The Hall–Kier alpha value is -1.20. The highest BCUT2D eigenvalue weighted by molar-refractivity contribution is 14.0. The second-order valence-electron chi connectivity index (χ2n) is 8.11. The number of guanidine groups is 1. The van der Waals surface area contributed by atoms with Crippen molar-refractivity contribution in [1.29, 1.82) is 0 Å². The highest BCUT2D eigenvalue weighted by Gasteiger charge is 2.25. The van der Waals surface area contributed by atoms with E-state index in [1.165, 1.54) is 30.8 Å². The minimum absolute atomic E-state index is 0. The van der Waals surface area contributed by atoms with E-state index >= 15 is 0 Å². The molecule has 1 fully saturated rings. The van der Waals surface area contributed by atoms with Gasteiger partial charge in [0, 0.05) is 30.9 Å². The maximum Gasteiger partial charge on any atom is 0.191 e. The molecule has 0 spiro atoms. The Labute approximate surface area is 200 Å². The van der Waals surface area contributed by atoms with Crippen LogP contribution in [0.25, 0.3) is 0 Å². The van der Waals surface area contributed by atoms with Crippen molar-refractivity contribution < 1.29 is 0 Å². The summed E-state index contributed by atoms with van der Waals surface area (Å²) < 4.78 is 2.22. The molecule has 0 bridgehead atoms. The maximum absolute atomic E-state index is 4.80. The number of aliphatic imine (C=N–C) groups is 1. The lowest BCUT2D eigenvalue weighted by molar-refractivity contribution is 0.140. The van der Waals surface area contributed by atoms with Crippen LogP contribution >= 0.6 is 35.3 Å². The number of halogens is 1. The summed E-state index contributed by atoms with van der Waals surface area (Å²) in [5, 5.41) is 17.8. The molecule has 2 aliphatic heterocycles. The van der Waals surface area contributed by atoms with E-state index in [2.05, 4.69) is 61.7 Å². The number of piperidine rings is 1. The monoisotopic (exact) mass is 543 g/mol. The topological polar surface area (TPSA) is 70.4 Å². The van der Waals surface area contributed by atoms with Crippen LogP contribution in [0.5, 0.6) is 0 Å². The van der Waals surface area contributed by atoms with Crippen LogP contribution in [-0.2, 0) is 19.5 Å². The lowest BCUT2D eigenvalue weighted by Crippen LogP contribution is -2.45. The molecule has 2 aromatic rings. The zero-order chi connectivity index (χ0) is 20.1. The quantitative estimate of drug-likeness (QED) is 0.318. The molecule has 0 amide bonds. The molecular formula is C21H34IN7S. The van der Waals surface area contributed by atoms with E-state index in [9.17, 15) is 0 Å². The number of fused-ring (bicyclic) bond motifs is 1. The minimum Gasteiger partial charge on any atom is -0.357 e. The van der Waals surface area contributed by atoms with Crippen molar-refractivity contribution in [3.8, 4) is 0 Å². The van der Waals surface area contributed by atoms with E-state index in [-0.39, 0.29) is 24.0 Å². The predicted molar refractivity (Wildman–Crippen MR) is 134 cm³/mol. The third-order valence-electron chi connectivity index (χ3n) is 6.00. The van der Waals surface area contributed by atoms with Gasteiger partial charge in [0.1, 0.15) is 12.4 Å². The minimum atomic E-state index is 0. The van der Waals surface area contributed by atoms with Crippen molar-refractivity contribution in [2.24, 2.45) is 10.9 Å². The average molecular weight is 544 g/mol. The number of thiophene rings is 1. The summed E-state index contributed by atoms with van der Waals surface area (Å²) in [7, 11) is 0. The molecule has 2 aromatic heterocycles. The number of likely N-dealkylation sites (tertiary alicyclic amines) is 1. The molecule has 7 nitrogen and oxygen atoms in total. The van der Waals surface area contributed by atoms with Crippen molar-refractivity contribution in [2.75, 3.05) is 26.2 Å². The van der Waals surface area contributed by atoms with Gasteiger partial charge in [-0.05, 0) is 56.6 Å². The van der Waals surface area contributed by atoms with Crippen molar-refractivity contribution in [2.45, 2.75) is 58.7 Å². The average Bonchev–Trinajstić information content (AvgIpc) is 3.47. The molecule has 1 atom stereocenters. The lowest BCUT2D eigenvalue weighted by atomic mass is 9.97. The summed E-state index contributed by atoms with van der Waals surface area (Å²) in [4.78, 5) is 8.86. The van der Waals surface area contributed by atoms with Gasteiger partial charge in [-0.25, -0.2) is 4.99 Å². The van der Waals surface area contributed by atoms with Gasteiger partial charge in [-0.1, -0.05) is 13.0 Å². The Bertz CT molecular complexity index is 796. The summed E-state index contributed by atoms with van der Waals surface area (Å²) in [6.45, 7) is 10.1. The Morgan fingerprint density at radius 1 is 1.27 bits per heavy atom. The Morgan fingerprint density at radius 2 is 2.10 bits per heavy atom. The highest BCUT2D eigenvalue weighted by Crippen LogP contribution is 2.29. The van der Waals surface area contributed by atoms with Crippen LogP contribution in [0.3, 0.4) is 0 Å². The van der Waals surface area contributed by atoms with E-state index in [1.54, 1.807) is 0 Å². The van der Waals surface area contributed by atoms with E-state index in [0.717, 1.165) is 56.0 Å². The maximum atomic E-state index is 4.80. The van der Waals surface area contributed by atoms with Crippen molar-refractivity contribution in [3.05, 3.63) is 34.0 Å². The first kappa shape index (κ1) is 23.5. The van der Waals surface area contributed by atoms with Crippen LogP contribution in [-0.4, -0.2) is 51.8 Å². The smallest absolute Gasteiger partial charge is 0.191 e. The second kappa shape index (κ2) is 11.4. The molecule has 0 radical (unpaired) electrons. The Morgan fingerprint density at radius 3 is 2.83 bits per heavy atom. The van der Waals surface area contributed by atoms with Crippen LogP contribution in [0.2, 0.25) is 0 Å². The molecule has 0 saturated carbocycles. The fourth-order valence-electron chi connectivity index (χ4n) is 4.24. The van der Waals surface area contributed by atoms with Crippen LogP contribution in [0, 0.1) is 5.92 Å². The van der Waals surface area contributed by atoms with E-state index in [4.69, 9.17) is 4.99 Å². The van der Waals surface area contributed by atoms with Crippen molar-refractivity contribution in [3.63, 3.8) is 0 Å². The molecule has 0 aromatic carbocycles. The van der Waals surface area contributed by atoms with Gasteiger partial charge in [0.2, 0.25) is 0 Å². The third kappa shape index (κ3) is 5.73. The van der Waals surface area contributed by atoms with E-state index in [1.807, 2.05) is 11.3 Å². The number of nitrogens with zero attached hydrogens (tertiary/aromatic N) is 5. The predicted octanol–water partition coefficient (Wildman–Crippen LogP) is 3.43. The first-order valence-corrected chi connectivity index (χ1v) is 11.8. The van der Waals surface area contributed by atoms with Crippen LogP contribution in [0.15, 0.2) is 22.5 Å². The number of nitrogens with one attached hydrogen (secondary N) is 2. The first-order valence-electron chi connectivity index (χ1n) is 10.9. The number of hydrogen-bond acceptors (Lipinski definition) is 5. The number of hydrogen-bond donors (Lipinski definition) is 2. The number of rotatable bonds is 7. The van der Waals surface area contributed by atoms with Gasteiger partial charge >= 0.3 is 0 Å². The molecule has 2 aliphatic rings. The Balaban J connectivity index is 0.00000256. The fraction of sp³-hybridized carbons (Fsp3) is 0.667. The van der Waals surface area contributed by atoms with Crippen molar-refractivity contribution >= 4 is 41.3 Å². The van der Waals surface area contributed by atoms with Gasteiger partial charge in [-0.2, -0.15) is 0 Å². The van der Waals surface area contributed by atoms with Gasteiger partial charge in [-0.3, -0.25) is 4.90 Å². The SMILES string of the molecule is CCNC(=NCc1nnc2n1CCC2)NCC(c1cccs1)N1CCC(C)CC1.I. The number of aryl methyl sites for hydroxylation is 1. The summed E-state index contributed by atoms with van der Waals surface area (Å²) in [5.74, 6) is 3.77. The summed E-state index contributed by atoms with van der Waals surface area (Å²) >= 11 is 1.85. The van der Waals surface area contributed by atoms with E-state index < -0.39 is 0 Å². The molecule has 4 rings (SSSR count). The molecule has 166 valence electrons. The number of aromatic nitrogens is 3. The fourth-order valence-corrected chi connectivity index (χ4v) is 5.10. The lowest BCUT2D eigenvalue weighted by Gasteiger charge is -2.36. The molecule has 30 heavy (non-hydrogen) atoms. The summed E-state index contributed by atoms with van der Waals surface area (Å²) in [6, 6.07) is 4.81. The molecule has 1 unspecified atom stereocenters. The van der Waals surface area contributed by atoms with E-state index in [0.29, 0.717) is 12.6 Å². The largest absolute Gasteiger partial charge is 0.357 e. The van der Waals surface area contributed by atoms with Gasteiger partial charge < -0.3 is 15.2 Å². The highest BCUT2D eigenvalue weighted by atomic mass is 127. The normalized spacial score (nSPS) is 18.7. The summed E-state index contributed by atoms with van der Waals surface area (Å²) in [5.41, 5.74) is 0. The molecule has 4 heterocycles. The molecule has 0 aliphatic carbocycles. The van der Waals surface area contributed by atoms with Crippen LogP contribution in [0.1, 0.15) is 55.7 Å². The van der Waals surface area contributed by atoms with Gasteiger partial charge in [-0.15, -0.1) is 45.5 Å². The van der Waals surface area contributed by atoms with Crippen LogP contribution in [0.4, 0.5) is 0 Å². The molecule has 9 heteroatoms.